The van der Waals surface area contributed by atoms with Gasteiger partial charge in [-0.05, 0) is 12.8 Å². The van der Waals surface area contributed by atoms with Gasteiger partial charge in [0, 0.05) is 12.0 Å². The molecule has 0 aliphatic heterocycles. The van der Waals surface area contributed by atoms with Gasteiger partial charge in [0.1, 0.15) is 0 Å². The topological polar surface area (TPSA) is 26.3 Å². The van der Waals surface area contributed by atoms with Crippen LogP contribution in [0, 0.1) is 0 Å². The fraction of sp³-hybridized carbons (Fsp3) is 0.571. The van der Waals surface area contributed by atoms with Crippen LogP contribution in [0.3, 0.4) is 0 Å². The average molecular weight is 163 g/mol. The molecule has 0 aliphatic rings. The number of carbonyl (C=O) groups is 1. The normalized spacial score (nSPS) is 10.2. The second kappa shape index (κ2) is 6.62. The number of hydrogen-bond acceptors (Lipinski definition) is 2. The molecule has 0 radical (unpaired) electrons. The van der Waals surface area contributed by atoms with Crippen LogP contribution in [0.25, 0.3) is 0 Å². The maximum atomic E-state index is 10.5. The van der Waals surface area contributed by atoms with Gasteiger partial charge in [-0.25, -0.2) is 0 Å². The Balaban J connectivity index is 3.11. The van der Waals surface area contributed by atoms with Crippen molar-refractivity contribution >= 4 is 17.6 Å². The van der Waals surface area contributed by atoms with Gasteiger partial charge in [0.2, 0.25) is 0 Å². The van der Waals surface area contributed by atoms with Gasteiger partial charge in [-0.1, -0.05) is 17.7 Å². The van der Waals surface area contributed by atoms with E-state index < -0.39 is 0 Å². The lowest BCUT2D eigenvalue weighted by Gasteiger charge is -1.94. The summed E-state index contributed by atoms with van der Waals surface area (Å²) in [6.07, 6.45) is 3.91. The molecule has 3 heteroatoms. The lowest BCUT2D eigenvalue weighted by atomic mass is 10.2. The van der Waals surface area contributed by atoms with Crippen LogP contribution in [0.4, 0.5) is 0 Å². The van der Waals surface area contributed by atoms with Crippen LogP contribution in [0.5, 0.6) is 0 Å². The molecule has 0 saturated carbocycles. The highest BCUT2D eigenvalue weighted by Crippen LogP contribution is 1.98. The Hall–Kier alpha value is -0.500. The van der Waals surface area contributed by atoms with Gasteiger partial charge in [0.05, 0.1) is 7.11 Å². The average Bonchev–Trinajstić information content (AvgIpc) is 1.98. The number of methoxy groups -OCH3 is 1. The van der Waals surface area contributed by atoms with Gasteiger partial charge in [-0.15, -0.1) is 0 Å². The largest absolute Gasteiger partial charge is 0.469 e. The van der Waals surface area contributed by atoms with Crippen molar-refractivity contribution in [1.29, 1.82) is 0 Å². The third-order valence-corrected chi connectivity index (χ3v) is 1.25. The highest BCUT2D eigenvalue weighted by atomic mass is 35.5. The minimum absolute atomic E-state index is 0.164. The number of allylic oxidation sites excluding steroid dienone is 1. The first kappa shape index (κ1) is 9.50. The summed E-state index contributed by atoms with van der Waals surface area (Å²) < 4.78 is 4.43. The second-order valence-corrected chi connectivity index (χ2v) is 2.08. The third-order valence-electron chi connectivity index (χ3n) is 1.07. The van der Waals surface area contributed by atoms with E-state index in [1.165, 1.54) is 12.6 Å². The van der Waals surface area contributed by atoms with E-state index >= 15 is 0 Å². The van der Waals surface area contributed by atoms with Crippen LogP contribution in [0.2, 0.25) is 0 Å². The number of ether oxygens (including phenoxy) is 1. The van der Waals surface area contributed by atoms with Crippen molar-refractivity contribution in [2.75, 3.05) is 7.11 Å². The fourth-order valence-electron chi connectivity index (χ4n) is 0.529. The van der Waals surface area contributed by atoms with E-state index in [0.717, 1.165) is 12.8 Å². The quantitative estimate of drug-likeness (QED) is 0.468. The molecule has 0 fully saturated rings. The van der Waals surface area contributed by atoms with Crippen molar-refractivity contribution in [1.82, 2.24) is 0 Å². The number of halogens is 1. The van der Waals surface area contributed by atoms with Crippen molar-refractivity contribution in [2.45, 2.75) is 19.3 Å². The van der Waals surface area contributed by atoms with Crippen molar-refractivity contribution in [3.05, 3.63) is 11.6 Å². The Morgan fingerprint density at radius 2 is 2.40 bits per heavy atom. The number of hydrogen-bond donors (Lipinski definition) is 0. The van der Waals surface area contributed by atoms with Crippen LogP contribution in [0.15, 0.2) is 11.6 Å². The molecule has 0 aromatic carbocycles. The predicted molar refractivity (Wildman–Crippen MR) is 40.9 cm³/mol. The van der Waals surface area contributed by atoms with Crippen LogP contribution < -0.4 is 0 Å². The maximum Gasteiger partial charge on any atom is 0.305 e. The van der Waals surface area contributed by atoms with E-state index in [-0.39, 0.29) is 5.97 Å². The number of unbranched alkanes of at least 4 members (excludes halogenated alkanes) is 1. The Morgan fingerprint density at radius 3 is 2.90 bits per heavy atom. The Bertz CT molecular complexity index is 121. The number of esters is 1. The van der Waals surface area contributed by atoms with Gasteiger partial charge < -0.3 is 4.74 Å². The molecule has 0 bridgehead atoms. The monoisotopic (exact) mass is 162 g/mol. The van der Waals surface area contributed by atoms with Crippen molar-refractivity contribution in [2.24, 2.45) is 0 Å². The van der Waals surface area contributed by atoms with Gasteiger partial charge in [0.15, 0.2) is 0 Å². The van der Waals surface area contributed by atoms with Crippen LogP contribution in [-0.2, 0) is 9.53 Å². The standard InChI is InChI=1S/C7H11ClO2/c1-10-7(9)5-3-2-4-6-8/h4,6H,2-3,5H2,1H3/b6-4+. The number of rotatable bonds is 4. The van der Waals surface area contributed by atoms with Gasteiger partial charge in [-0.3, -0.25) is 4.79 Å². The van der Waals surface area contributed by atoms with Crippen LogP contribution >= 0.6 is 11.6 Å². The first-order valence-corrected chi connectivity index (χ1v) is 3.57. The molecule has 0 atom stereocenters. The zero-order valence-electron chi connectivity index (χ0n) is 5.97. The zero-order valence-corrected chi connectivity index (χ0v) is 6.73. The molecule has 0 N–H and O–H groups in total. The molecule has 0 rings (SSSR count). The highest BCUT2D eigenvalue weighted by Gasteiger charge is 1.96. The van der Waals surface area contributed by atoms with Crippen LogP contribution in [0.1, 0.15) is 19.3 Å². The van der Waals surface area contributed by atoms with E-state index in [1.54, 1.807) is 0 Å². The summed E-state index contributed by atoms with van der Waals surface area (Å²) in [6, 6.07) is 0. The van der Waals surface area contributed by atoms with Gasteiger partial charge >= 0.3 is 5.97 Å². The van der Waals surface area contributed by atoms with Crippen molar-refractivity contribution in [3.63, 3.8) is 0 Å². The second-order valence-electron chi connectivity index (χ2n) is 1.83. The van der Waals surface area contributed by atoms with E-state index in [0.29, 0.717) is 6.42 Å². The summed E-state index contributed by atoms with van der Waals surface area (Å²) in [5, 5.41) is 0. The summed E-state index contributed by atoms with van der Waals surface area (Å²) in [7, 11) is 1.39. The first-order valence-electron chi connectivity index (χ1n) is 3.13. The molecule has 0 unspecified atom stereocenters. The fourth-order valence-corrected chi connectivity index (χ4v) is 0.655. The minimum Gasteiger partial charge on any atom is -0.469 e. The van der Waals surface area contributed by atoms with E-state index in [2.05, 4.69) is 4.74 Å². The molecule has 0 spiro atoms. The minimum atomic E-state index is -0.164. The molecular weight excluding hydrogens is 152 g/mol. The van der Waals surface area contributed by atoms with E-state index in [9.17, 15) is 4.79 Å². The molecule has 0 saturated heterocycles. The maximum absolute atomic E-state index is 10.5. The SMILES string of the molecule is COC(=O)CCC/C=C/Cl. The molecule has 0 aromatic rings. The Kier molecular flexibility index (Phi) is 6.29. The molecule has 0 aromatic heterocycles. The van der Waals surface area contributed by atoms with Crippen molar-refractivity contribution < 1.29 is 9.53 Å². The van der Waals surface area contributed by atoms with Crippen LogP contribution in [-0.4, -0.2) is 13.1 Å². The van der Waals surface area contributed by atoms with Gasteiger partial charge in [0.25, 0.3) is 0 Å². The summed E-state index contributed by atoms with van der Waals surface area (Å²) in [6.45, 7) is 0. The van der Waals surface area contributed by atoms with Crippen molar-refractivity contribution in [3.8, 4) is 0 Å². The predicted octanol–water partition coefficient (Wildman–Crippen LogP) is 2.08. The summed E-state index contributed by atoms with van der Waals surface area (Å²) >= 11 is 5.25. The molecule has 0 heterocycles. The molecule has 0 amide bonds. The summed E-state index contributed by atoms with van der Waals surface area (Å²) in [5.41, 5.74) is 1.46. The molecule has 58 valence electrons. The smallest absolute Gasteiger partial charge is 0.305 e. The molecular formula is C7H11ClO2. The molecule has 2 nitrogen and oxygen atoms in total. The zero-order chi connectivity index (χ0) is 7.82. The molecule has 10 heavy (non-hydrogen) atoms. The lowest BCUT2D eigenvalue weighted by Crippen LogP contribution is -1.98. The molecule has 0 aliphatic carbocycles. The Morgan fingerprint density at radius 1 is 1.70 bits per heavy atom. The van der Waals surface area contributed by atoms with Gasteiger partial charge in [-0.2, -0.15) is 0 Å². The summed E-state index contributed by atoms with van der Waals surface area (Å²) in [5.74, 6) is -0.164. The number of carbonyl (C=O) groups excluding carboxylic acids is 1. The Labute approximate surface area is 65.8 Å². The first-order chi connectivity index (χ1) is 4.81. The highest BCUT2D eigenvalue weighted by molar-refractivity contribution is 6.25. The summed E-state index contributed by atoms with van der Waals surface area (Å²) in [4.78, 5) is 10.5. The lowest BCUT2D eigenvalue weighted by molar-refractivity contribution is -0.140. The van der Waals surface area contributed by atoms with E-state index in [4.69, 9.17) is 11.6 Å². The third kappa shape index (κ3) is 5.63. The van der Waals surface area contributed by atoms with E-state index in [1.807, 2.05) is 6.08 Å².